The average Bonchev–Trinajstić information content (AvgIpc) is 3.09. The zero-order chi connectivity index (χ0) is 18.4. The summed E-state index contributed by atoms with van der Waals surface area (Å²) in [5.41, 5.74) is 3.77. The molecule has 0 radical (unpaired) electrons. The van der Waals surface area contributed by atoms with Crippen molar-refractivity contribution in [2.45, 2.75) is 0 Å². The van der Waals surface area contributed by atoms with Gasteiger partial charge < -0.3 is 10.1 Å². The van der Waals surface area contributed by atoms with Crippen molar-refractivity contribution in [3.63, 3.8) is 0 Å². The first-order valence-corrected chi connectivity index (χ1v) is 8.76. The third-order valence-corrected chi connectivity index (χ3v) is 4.63. The van der Waals surface area contributed by atoms with Crippen LogP contribution in [0.4, 0.5) is 0 Å². The van der Waals surface area contributed by atoms with E-state index in [1.54, 1.807) is 41.8 Å². The summed E-state index contributed by atoms with van der Waals surface area (Å²) in [6.45, 7) is -0.169. The van der Waals surface area contributed by atoms with Gasteiger partial charge in [0.1, 0.15) is 5.75 Å². The Labute approximate surface area is 154 Å². The first kappa shape index (κ1) is 17.6. The monoisotopic (exact) mass is 367 g/mol. The van der Waals surface area contributed by atoms with E-state index in [4.69, 9.17) is 4.74 Å². The lowest BCUT2D eigenvalue weighted by Crippen LogP contribution is -2.34. The molecule has 0 saturated carbocycles. The number of thiophene rings is 1. The van der Waals surface area contributed by atoms with E-state index in [1.165, 1.54) is 7.11 Å². The van der Waals surface area contributed by atoms with Crippen molar-refractivity contribution < 1.29 is 14.3 Å². The summed E-state index contributed by atoms with van der Waals surface area (Å²) < 4.78 is 6.23. The Hall–Kier alpha value is -3.19. The lowest BCUT2D eigenvalue weighted by Gasteiger charge is -2.05. The van der Waals surface area contributed by atoms with Crippen molar-refractivity contribution in [2.24, 2.45) is 5.10 Å². The number of hydrogen-bond acceptors (Lipinski definition) is 5. The maximum atomic E-state index is 12.0. The zero-order valence-electron chi connectivity index (χ0n) is 14.1. The maximum Gasteiger partial charge on any atom is 0.259 e. The fourth-order valence-electron chi connectivity index (χ4n) is 2.34. The van der Waals surface area contributed by atoms with Crippen LogP contribution in [0.5, 0.6) is 5.75 Å². The topological polar surface area (TPSA) is 79.8 Å². The largest absolute Gasteiger partial charge is 0.497 e. The summed E-state index contributed by atoms with van der Waals surface area (Å²) in [6, 6.07) is 14.7. The van der Waals surface area contributed by atoms with Gasteiger partial charge in [0.2, 0.25) is 0 Å². The van der Waals surface area contributed by atoms with Crippen LogP contribution < -0.4 is 15.5 Å². The molecule has 3 rings (SSSR count). The minimum atomic E-state index is -0.406. The molecule has 0 unspecified atom stereocenters. The van der Waals surface area contributed by atoms with E-state index in [0.717, 1.165) is 15.6 Å². The lowest BCUT2D eigenvalue weighted by atomic mass is 10.2. The SMILES string of the molecule is COc1cccc(C(=O)NCC(=O)NN=Cc2csc3ccccc23)c1. The number of rotatable bonds is 6. The molecule has 2 aromatic carbocycles. The molecular weight excluding hydrogens is 350 g/mol. The van der Waals surface area contributed by atoms with Crippen molar-refractivity contribution in [3.05, 3.63) is 65.0 Å². The first-order valence-electron chi connectivity index (χ1n) is 7.88. The molecule has 2 N–H and O–H groups in total. The van der Waals surface area contributed by atoms with E-state index in [-0.39, 0.29) is 12.5 Å². The maximum absolute atomic E-state index is 12.0. The van der Waals surface area contributed by atoms with E-state index >= 15 is 0 Å². The van der Waals surface area contributed by atoms with Crippen molar-refractivity contribution in [1.82, 2.24) is 10.7 Å². The highest BCUT2D eigenvalue weighted by molar-refractivity contribution is 7.17. The number of carbonyl (C=O) groups is 2. The molecule has 1 aromatic heterocycles. The van der Waals surface area contributed by atoms with Gasteiger partial charge in [0.15, 0.2) is 0 Å². The summed E-state index contributed by atoms with van der Waals surface area (Å²) in [7, 11) is 1.53. The normalized spacial score (nSPS) is 10.8. The molecule has 0 bridgehead atoms. The van der Waals surface area contributed by atoms with Crippen molar-refractivity contribution >= 4 is 39.5 Å². The highest BCUT2D eigenvalue weighted by atomic mass is 32.1. The van der Waals surface area contributed by atoms with Crippen LogP contribution in [-0.4, -0.2) is 31.7 Å². The quantitative estimate of drug-likeness (QED) is 0.519. The molecule has 0 spiro atoms. The van der Waals surface area contributed by atoms with Gasteiger partial charge in [-0.1, -0.05) is 24.3 Å². The predicted octanol–water partition coefficient (Wildman–Crippen LogP) is 2.79. The van der Waals surface area contributed by atoms with Crippen LogP contribution in [0, 0.1) is 0 Å². The average molecular weight is 367 g/mol. The molecule has 3 aromatic rings. The lowest BCUT2D eigenvalue weighted by molar-refractivity contribution is -0.120. The molecule has 1 heterocycles. The minimum Gasteiger partial charge on any atom is -0.497 e. The Balaban J connectivity index is 1.51. The predicted molar refractivity (Wildman–Crippen MR) is 103 cm³/mol. The number of fused-ring (bicyclic) bond motifs is 1. The van der Waals surface area contributed by atoms with Crippen LogP contribution in [0.3, 0.4) is 0 Å². The van der Waals surface area contributed by atoms with E-state index < -0.39 is 5.91 Å². The smallest absolute Gasteiger partial charge is 0.259 e. The molecule has 0 atom stereocenters. The highest BCUT2D eigenvalue weighted by Crippen LogP contribution is 2.24. The highest BCUT2D eigenvalue weighted by Gasteiger charge is 2.08. The van der Waals surface area contributed by atoms with Crippen LogP contribution in [0.25, 0.3) is 10.1 Å². The van der Waals surface area contributed by atoms with E-state index in [0.29, 0.717) is 11.3 Å². The zero-order valence-corrected chi connectivity index (χ0v) is 14.9. The van der Waals surface area contributed by atoms with Crippen LogP contribution in [0.2, 0.25) is 0 Å². The second-order valence-corrected chi connectivity index (χ2v) is 6.31. The van der Waals surface area contributed by atoms with Crippen molar-refractivity contribution in [1.29, 1.82) is 0 Å². The van der Waals surface area contributed by atoms with E-state index in [9.17, 15) is 9.59 Å². The number of hydrogen-bond donors (Lipinski definition) is 2. The number of carbonyl (C=O) groups excluding carboxylic acids is 2. The minimum absolute atomic E-state index is 0.169. The van der Waals surface area contributed by atoms with Crippen LogP contribution in [0.1, 0.15) is 15.9 Å². The molecule has 26 heavy (non-hydrogen) atoms. The number of nitrogens with one attached hydrogen (secondary N) is 2. The van der Waals surface area contributed by atoms with Crippen molar-refractivity contribution in [2.75, 3.05) is 13.7 Å². The third kappa shape index (κ3) is 4.25. The molecule has 7 heteroatoms. The van der Waals surface area contributed by atoms with Gasteiger partial charge >= 0.3 is 0 Å². The molecule has 132 valence electrons. The van der Waals surface area contributed by atoms with Gasteiger partial charge in [-0.15, -0.1) is 11.3 Å². The summed E-state index contributed by atoms with van der Waals surface area (Å²) in [5.74, 6) is -0.182. The van der Waals surface area contributed by atoms with E-state index in [1.807, 2.05) is 29.6 Å². The fourth-order valence-corrected chi connectivity index (χ4v) is 3.25. The van der Waals surface area contributed by atoms with Gasteiger partial charge in [0.05, 0.1) is 19.9 Å². The number of amides is 2. The molecule has 2 amide bonds. The van der Waals surface area contributed by atoms with Crippen molar-refractivity contribution in [3.8, 4) is 5.75 Å². The number of nitrogens with zero attached hydrogens (tertiary/aromatic N) is 1. The van der Waals surface area contributed by atoms with Gasteiger partial charge in [0.25, 0.3) is 11.8 Å². The van der Waals surface area contributed by atoms with Gasteiger partial charge in [0, 0.05) is 26.6 Å². The molecule has 0 aliphatic heterocycles. The summed E-state index contributed by atoms with van der Waals surface area (Å²) in [4.78, 5) is 23.9. The number of ether oxygens (including phenoxy) is 1. The van der Waals surface area contributed by atoms with Crippen LogP contribution >= 0.6 is 11.3 Å². The number of benzene rings is 2. The summed E-state index contributed by atoms with van der Waals surface area (Å²) in [5, 5.41) is 9.56. The molecule has 0 aliphatic carbocycles. The molecule has 0 saturated heterocycles. The Bertz CT molecular complexity index is 965. The fraction of sp³-hybridized carbons (Fsp3) is 0.105. The Kier molecular flexibility index (Phi) is 5.60. The van der Waals surface area contributed by atoms with Gasteiger partial charge in [-0.25, -0.2) is 5.43 Å². The number of methoxy groups -OCH3 is 1. The van der Waals surface area contributed by atoms with Crippen LogP contribution in [0.15, 0.2) is 59.0 Å². The molecule has 0 aliphatic rings. The Morgan fingerprint density at radius 2 is 2.04 bits per heavy atom. The van der Waals surface area contributed by atoms with Crippen LogP contribution in [-0.2, 0) is 4.79 Å². The third-order valence-electron chi connectivity index (χ3n) is 3.65. The Morgan fingerprint density at radius 3 is 2.88 bits per heavy atom. The molecular formula is C19H17N3O3S. The standard InChI is InChI=1S/C19H17N3O3S/c1-25-15-6-4-5-13(9-15)19(24)20-11-18(23)22-21-10-14-12-26-17-8-3-2-7-16(14)17/h2-10,12H,11H2,1H3,(H,20,24)(H,22,23). The second kappa shape index (κ2) is 8.26. The van der Waals surface area contributed by atoms with Gasteiger partial charge in [-0.2, -0.15) is 5.10 Å². The first-order chi connectivity index (χ1) is 12.7. The van der Waals surface area contributed by atoms with E-state index in [2.05, 4.69) is 15.8 Å². The Morgan fingerprint density at radius 1 is 1.19 bits per heavy atom. The van der Waals surface area contributed by atoms with Gasteiger partial charge in [-0.05, 0) is 24.3 Å². The van der Waals surface area contributed by atoms with Gasteiger partial charge in [-0.3, -0.25) is 9.59 Å². The summed E-state index contributed by atoms with van der Waals surface area (Å²) >= 11 is 1.62. The molecule has 0 fully saturated rings. The summed E-state index contributed by atoms with van der Waals surface area (Å²) in [6.07, 6.45) is 1.60. The number of hydrazone groups is 1. The second-order valence-electron chi connectivity index (χ2n) is 5.40. The molecule has 6 nitrogen and oxygen atoms in total.